The molecular formula is C11H15Cl2F2NO. The van der Waals surface area contributed by atoms with Crippen molar-refractivity contribution in [3.05, 3.63) is 34.4 Å². The van der Waals surface area contributed by atoms with Crippen molar-refractivity contribution in [3.8, 4) is 0 Å². The predicted octanol–water partition coefficient (Wildman–Crippen LogP) is 3.20. The lowest BCUT2D eigenvalue weighted by Gasteiger charge is -2.20. The monoisotopic (exact) mass is 285 g/mol. The van der Waals surface area contributed by atoms with Crippen LogP contribution in [-0.4, -0.2) is 11.2 Å². The topological polar surface area (TPSA) is 46.2 Å². The zero-order valence-electron chi connectivity index (χ0n) is 9.29. The van der Waals surface area contributed by atoms with Gasteiger partial charge in [-0.15, -0.1) is 12.4 Å². The lowest BCUT2D eigenvalue weighted by atomic mass is 9.98. The van der Waals surface area contributed by atoms with Gasteiger partial charge in [-0.3, -0.25) is 0 Å². The van der Waals surface area contributed by atoms with Gasteiger partial charge in [0.25, 0.3) is 0 Å². The summed E-state index contributed by atoms with van der Waals surface area (Å²) in [5, 5.41) is 9.41. The normalized spacial score (nSPS) is 14.0. The summed E-state index contributed by atoms with van der Waals surface area (Å²) < 4.78 is 26.9. The minimum absolute atomic E-state index is 0. The molecule has 0 aromatic heterocycles. The van der Waals surface area contributed by atoms with Gasteiger partial charge in [0.15, 0.2) is 0 Å². The molecule has 0 radical (unpaired) electrons. The summed E-state index contributed by atoms with van der Waals surface area (Å²) in [6.07, 6.45) is 0.0815. The van der Waals surface area contributed by atoms with E-state index in [1.54, 1.807) is 0 Å². The van der Waals surface area contributed by atoms with Crippen molar-refractivity contribution in [1.82, 2.24) is 0 Å². The summed E-state index contributed by atoms with van der Waals surface area (Å²) >= 11 is 5.53. The van der Waals surface area contributed by atoms with E-state index >= 15 is 0 Å². The molecule has 0 spiro atoms. The van der Waals surface area contributed by atoms with Gasteiger partial charge in [-0.25, -0.2) is 8.78 Å². The highest BCUT2D eigenvalue weighted by Gasteiger charge is 2.24. The molecule has 0 saturated carbocycles. The van der Waals surface area contributed by atoms with Crippen molar-refractivity contribution < 1.29 is 13.9 Å². The second-order valence-corrected chi connectivity index (χ2v) is 4.05. The van der Waals surface area contributed by atoms with Gasteiger partial charge in [0.1, 0.15) is 11.6 Å². The highest BCUT2D eigenvalue weighted by atomic mass is 35.5. The summed E-state index contributed by atoms with van der Waals surface area (Å²) in [6.45, 7) is 1.85. The van der Waals surface area contributed by atoms with E-state index in [-0.39, 0.29) is 23.0 Å². The molecule has 1 aromatic rings. The molecular weight excluding hydrogens is 271 g/mol. The van der Waals surface area contributed by atoms with E-state index in [1.807, 2.05) is 6.92 Å². The summed E-state index contributed by atoms with van der Waals surface area (Å²) in [5.74, 6) is -1.69. The Morgan fingerprint density at radius 3 is 2.53 bits per heavy atom. The first kappa shape index (κ1) is 16.6. The number of aliphatic hydroxyl groups excluding tert-OH is 1. The molecule has 98 valence electrons. The van der Waals surface area contributed by atoms with Crippen LogP contribution in [0.4, 0.5) is 8.78 Å². The van der Waals surface area contributed by atoms with Gasteiger partial charge in [0.05, 0.1) is 17.2 Å². The first-order chi connectivity index (χ1) is 7.49. The Balaban J connectivity index is 0.00000256. The van der Waals surface area contributed by atoms with E-state index in [4.69, 9.17) is 17.3 Å². The number of rotatable bonds is 4. The number of benzene rings is 1. The van der Waals surface area contributed by atoms with E-state index in [2.05, 4.69) is 0 Å². The maximum atomic E-state index is 13.6. The van der Waals surface area contributed by atoms with Crippen LogP contribution in [0, 0.1) is 11.6 Å². The lowest BCUT2D eigenvalue weighted by molar-refractivity contribution is 0.131. The molecule has 0 aliphatic carbocycles. The van der Waals surface area contributed by atoms with E-state index < -0.39 is 23.8 Å². The van der Waals surface area contributed by atoms with Gasteiger partial charge >= 0.3 is 0 Å². The molecule has 0 aliphatic heterocycles. The van der Waals surface area contributed by atoms with Crippen molar-refractivity contribution in [2.75, 3.05) is 0 Å². The van der Waals surface area contributed by atoms with Gasteiger partial charge in [-0.2, -0.15) is 0 Å². The van der Waals surface area contributed by atoms with Crippen molar-refractivity contribution in [2.24, 2.45) is 5.73 Å². The Kier molecular flexibility index (Phi) is 6.94. The number of hydrogen-bond donors (Lipinski definition) is 2. The summed E-state index contributed by atoms with van der Waals surface area (Å²) in [7, 11) is 0. The zero-order valence-corrected chi connectivity index (χ0v) is 10.9. The fourth-order valence-corrected chi connectivity index (χ4v) is 1.68. The van der Waals surface area contributed by atoms with Gasteiger partial charge in [-0.1, -0.05) is 24.9 Å². The standard InChI is InChI=1S/C11H14ClF2NO.ClH/c1-2-3-8(16)11(15)9-7(13)5-4-6(12)10(9)14;/h4-5,8,11,16H,2-3,15H2,1H3;1H/t8-,11-;/m1./s1. The van der Waals surface area contributed by atoms with Crippen LogP contribution in [0.2, 0.25) is 5.02 Å². The average molecular weight is 286 g/mol. The Morgan fingerprint density at radius 2 is 2.00 bits per heavy atom. The molecule has 1 rings (SSSR count). The van der Waals surface area contributed by atoms with Crippen LogP contribution in [0.25, 0.3) is 0 Å². The Morgan fingerprint density at radius 1 is 1.41 bits per heavy atom. The van der Waals surface area contributed by atoms with Crippen LogP contribution < -0.4 is 5.73 Å². The summed E-state index contributed by atoms with van der Waals surface area (Å²) in [4.78, 5) is 0. The first-order valence-electron chi connectivity index (χ1n) is 5.06. The largest absolute Gasteiger partial charge is 0.391 e. The molecule has 0 unspecified atom stereocenters. The molecule has 0 saturated heterocycles. The first-order valence-corrected chi connectivity index (χ1v) is 5.43. The quantitative estimate of drug-likeness (QED) is 0.835. The van der Waals surface area contributed by atoms with Gasteiger partial charge in [0.2, 0.25) is 0 Å². The minimum Gasteiger partial charge on any atom is -0.391 e. The summed E-state index contributed by atoms with van der Waals surface area (Å²) in [6, 6.07) is 1.06. The molecule has 17 heavy (non-hydrogen) atoms. The van der Waals surface area contributed by atoms with Crippen LogP contribution in [0.5, 0.6) is 0 Å². The number of hydrogen-bond acceptors (Lipinski definition) is 2. The number of halogens is 4. The van der Waals surface area contributed by atoms with Crippen molar-refractivity contribution in [2.45, 2.75) is 31.9 Å². The van der Waals surface area contributed by atoms with E-state index in [0.29, 0.717) is 12.8 Å². The second kappa shape index (κ2) is 7.11. The highest BCUT2D eigenvalue weighted by Crippen LogP contribution is 2.27. The highest BCUT2D eigenvalue weighted by molar-refractivity contribution is 6.30. The molecule has 0 fully saturated rings. The predicted molar refractivity (Wildman–Crippen MR) is 66.5 cm³/mol. The molecule has 0 aliphatic rings. The fraction of sp³-hybridized carbons (Fsp3) is 0.455. The maximum Gasteiger partial charge on any atom is 0.149 e. The molecule has 2 nitrogen and oxygen atoms in total. The van der Waals surface area contributed by atoms with Crippen molar-refractivity contribution >= 4 is 24.0 Å². The molecule has 0 bridgehead atoms. The number of aliphatic hydroxyl groups is 1. The Hall–Kier alpha value is -0.420. The fourth-order valence-electron chi connectivity index (χ4n) is 1.52. The van der Waals surface area contributed by atoms with Gasteiger partial charge < -0.3 is 10.8 Å². The Bertz CT molecular complexity index is 377. The molecule has 1 aromatic carbocycles. The average Bonchev–Trinajstić information content (AvgIpc) is 2.24. The SMILES string of the molecule is CCC[C@@H](O)[C@@H](N)c1c(F)ccc(Cl)c1F.Cl. The van der Waals surface area contributed by atoms with Crippen molar-refractivity contribution in [3.63, 3.8) is 0 Å². The van der Waals surface area contributed by atoms with Crippen LogP contribution in [0.3, 0.4) is 0 Å². The van der Waals surface area contributed by atoms with Gasteiger partial charge in [0, 0.05) is 5.56 Å². The molecule has 3 N–H and O–H groups in total. The maximum absolute atomic E-state index is 13.6. The third-order valence-electron chi connectivity index (χ3n) is 2.41. The van der Waals surface area contributed by atoms with Crippen molar-refractivity contribution in [1.29, 1.82) is 0 Å². The Labute approximate surface area is 110 Å². The minimum atomic E-state index is -1.10. The van der Waals surface area contributed by atoms with Crippen LogP contribution in [0.1, 0.15) is 31.4 Å². The smallest absolute Gasteiger partial charge is 0.149 e. The third kappa shape index (κ3) is 3.78. The van der Waals surface area contributed by atoms with E-state index in [9.17, 15) is 13.9 Å². The molecule has 0 amide bonds. The van der Waals surface area contributed by atoms with Crippen LogP contribution in [0.15, 0.2) is 12.1 Å². The number of nitrogens with two attached hydrogens (primary N) is 1. The zero-order chi connectivity index (χ0) is 12.3. The molecule has 0 heterocycles. The van der Waals surface area contributed by atoms with E-state index in [0.717, 1.165) is 12.1 Å². The molecule has 6 heteroatoms. The molecule has 2 atom stereocenters. The second-order valence-electron chi connectivity index (χ2n) is 3.64. The van der Waals surface area contributed by atoms with E-state index in [1.165, 1.54) is 0 Å². The lowest BCUT2D eigenvalue weighted by Crippen LogP contribution is -2.28. The summed E-state index contributed by atoms with van der Waals surface area (Å²) in [5.41, 5.74) is 5.25. The third-order valence-corrected chi connectivity index (χ3v) is 2.70. The van der Waals surface area contributed by atoms with Crippen LogP contribution >= 0.6 is 24.0 Å². The van der Waals surface area contributed by atoms with Gasteiger partial charge in [-0.05, 0) is 18.6 Å². The van der Waals surface area contributed by atoms with Crippen LogP contribution in [-0.2, 0) is 0 Å².